The van der Waals surface area contributed by atoms with Crippen LogP contribution in [0.25, 0.3) is 16.7 Å². The van der Waals surface area contributed by atoms with E-state index in [0.29, 0.717) is 23.3 Å². The summed E-state index contributed by atoms with van der Waals surface area (Å²) in [5, 5.41) is 12.8. The molecule has 30 heavy (non-hydrogen) atoms. The van der Waals surface area contributed by atoms with Gasteiger partial charge >= 0.3 is 0 Å². The molecule has 0 amide bonds. The molecule has 0 bridgehead atoms. The predicted molar refractivity (Wildman–Crippen MR) is 119 cm³/mol. The standard InChI is InChI=1S/C22H21ClN6O/c23-15-8-10-16(11-9-15)26-20-19-14-25-29(17-5-2-1-3-6-17)21(19)28-22(27-20)24-13-18-7-4-12-30-18/h1-3,5-6,8-11,14,18H,4,7,12-13H2,(H2,24,26,27,28). The zero-order chi connectivity index (χ0) is 20.3. The van der Waals surface area contributed by atoms with E-state index in [4.69, 9.17) is 26.3 Å². The first-order chi connectivity index (χ1) is 14.8. The molecule has 1 atom stereocenters. The minimum absolute atomic E-state index is 0.191. The van der Waals surface area contributed by atoms with Crippen molar-refractivity contribution in [2.45, 2.75) is 18.9 Å². The van der Waals surface area contributed by atoms with Gasteiger partial charge in [0.2, 0.25) is 5.95 Å². The Hall–Kier alpha value is -3.16. The van der Waals surface area contributed by atoms with Crippen molar-refractivity contribution in [3.05, 3.63) is 65.8 Å². The molecular formula is C22H21ClN6O. The summed E-state index contributed by atoms with van der Waals surface area (Å²) < 4.78 is 7.53. The molecule has 5 rings (SSSR count). The normalized spacial score (nSPS) is 16.1. The minimum atomic E-state index is 0.191. The summed E-state index contributed by atoms with van der Waals surface area (Å²) in [6.45, 7) is 1.49. The Balaban J connectivity index is 1.54. The van der Waals surface area contributed by atoms with Crippen LogP contribution >= 0.6 is 11.6 Å². The molecule has 2 aromatic heterocycles. The molecule has 0 radical (unpaired) electrons. The highest BCUT2D eigenvalue weighted by atomic mass is 35.5. The summed E-state index contributed by atoms with van der Waals surface area (Å²) in [4.78, 5) is 9.46. The zero-order valence-corrected chi connectivity index (χ0v) is 17.0. The highest BCUT2D eigenvalue weighted by molar-refractivity contribution is 6.30. The number of fused-ring (bicyclic) bond motifs is 1. The third kappa shape index (κ3) is 3.94. The first-order valence-corrected chi connectivity index (χ1v) is 10.3. The fourth-order valence-corrected chi connectivity index (χ4v) is 3.65. The zero-order valence-electron chi connectivity index (χ0n) is 16.3. The summed E-state index contributed by atoms with van der Waals surface area (Å²) in [5.41, 5.74) is 2.55. The average Bonchev–Trinajstić information content (AvgIpc) is 3.44. The maximum Gasteiger partial charge on any atom is 0.226 e. The molecular weight excluding hydrogens is 400 g/mol. The monoisotopic (exact) mass is 420 g/mol. The molecule has 1 aliphatic rings. The number of halogens is 1. The van der Waals surface area contributed by atoms with Gasteiger partial charge in [-0.05, 0) is 49.2 Å². The number of aromatic nitrogens is 4. The van der Waals surface area contributed by atoms with E-state index >= 15 is 0 Å². The number of para-hydroxylation sites is 1. The van der Waals surface area contributed by atoms with E-state index in [1.165, 1.54) is 0 Å². The number of hydrogen-bond acceptors (Lipinski definition) is 6. The van der Waals surface area contributed by atoms with Crippen LogP contribution in [0.1, 0.15) is 12.8 Å². The van der Waals surface area contributed by atoms with Gasteiger partial charge in [0, 0.05) is 23.9 Å². The molecule has 0 aliphatic carbocycles. The average molecular weight is 421 g/mol. The van der Waals surface area contributed by atoms with Crippen molar-refractivity contribution in [1.29, 1.82) is 0 Å². The lowest BCUT2D eigenvalue weighted by Crippen LogP contribution is -2.20. The largest absolute Gasteiger partial charge is 0.376 e. The van der Waals surface area contributed by atoms with E-state index in [-0.39, 0.29) is 6.10 Å². The van der Waals surface area contributed by atoms with Crippen molar-refractivity contribution in [2.75, 3.05) is 23.8 Å². The Morgan fingerprint density at radius 2 is 1.90 bits per heavy atom. The summed E-state index contributed by atoms with van der Waals surface area (Å²) in [6, 6.07) is 17.4. The molecule has 2 N–H and O–H groups in total. The first-order valence-electron chi connectivity index (χ1n) is 9.95. The molecule has 2 aromatic carbocycles. The maximum absolute atomic E-state index is 6.02. The van der Waals surface area contributed by atoms with Crippen molar-refractivity contribution >= 4 is 40.1 Å². The van der Waals surface area contributed by atoms with Crippen LogP contribution in [0, 0.1) is 0 Å². The fraction of sp³-hybridized carbons (Fsp3) is 0.227. The van der Waals surface area contributed by atoms with Gasteiger partial charge in [-0.25, -0.2) is 4.68 Å². The lowest BCUT2D eigenvalue weighted by atomic mass is 10.2. The topological polar surface area (TPSA) is 76.9 Å². The van der Waals surface area contributed by atoms with Crippen LogP contribution in [-0.2, 0) is 4.74 Å². The molecule has 152 valence electrons. The Kier molecular flexibility index (Phi) is 5.21. The molecule has 4 aromatic rings. The molecule has 1 aliphatic heterocycles. The van der Waals surface area contributed by atoms with Gasteiger partial charge in [-0.15, -0.1) is 0 Å². The van der Waals surface area contributed by atoms with Gasteiger partial charge < -0.3 is 15.4 Å². The summed E-state index contributed by atoms with van der Waals surface area (Å²) in [5.74, 6) is 1.21. The van der Waals surface area contributed by atoms with Crippen molar-refractivity contribution in [3.63, 3.8) is 0 Å². The smallest absolute Gasteiger partial charge is 0.226 e. The van der Waals surface area contributed by atoms with Crippen molar-refractivity contribution in [1.82, 2.24) is 19.7 Å². The summed E-state index contributed by atoms with van der Waals surface area (Å²) in [6.07, 6.45) is 4.12. The van der Waals surface area contributed by atoms with Crippen LogP contribution in [-0.4, -0.2) is 39.0 Å². The van der Waals surface area contributed by atoms with E-state index in [1.54, 1.807) is 6.20 Å². The fourth-order valence-electron chi connectivity index (χ4n) is 3.52. The van der Waals surface area contributed by atoms with Gasteiger partial charge in [0.15, 0.2) is 5.65 Å². The van der Waals surface area contributed by atoms with Gasteiger partial charge in [0.1, 0.15) is 5.82 Å². The number of rotatable bonds is 6. The number of anilines is 3. The molecule has 8 heteroatoms. The lowest BCUT2D eigenvalue weighted by molar-refractivity contribution is 0.120. The molecule has 7 nitrogen and oxygen atoms in total. The number of benzene rings is 2. The first kappa shape index (κ1) is 18.8. The van der Waals surface area contributed by atoms with E-state index in [1.807, 2.05) is 59.3 Å². The van der Waals surface area contributed by atoms with Crippen molar-refractivity contribution in [3.8, 4) is 5.69 Å². The highest BCUT2D eigenvalue weighted by Crippen LogP contribution is 2.27. The third-order valence-corrected chi connectivity index (χ3v) is 5.30. The molecule has 1 fully saturated rings. The van der Waals surface area contributed by atoms with Gasteiger partial charge in [-0.3, -0.25) is 0 Å². The van der Waals surface area contributed by atoms with Crippen molar-refractivity contribution in [2.24, 2.45) is 0 Å². The predicted octanol–water partition coefficient (Wildman–Crippen LogP) is 4.80. The second kappa shape index (κ2) is 8.30. The highest BCUT2D eigenvalue weighted by Gasteiger charge is 2.18. The van der Waals surface area contributed by atoms with Crippen LogP contribution in [0.4, 0.5) is 17.5 Å². The van der Waals surface area contributed by atoms with Crippen LogP contribution < -0.4 is 10.6 Å². The Labute approximate surface area is 179 Å². The number of hydrogen-bond donors (Lipinski definition) is 2. The van der Waals surface area contributed by atoms with Gasteiger partial charge in [0.25, 0.3) is 0 Å². The van der Waals surface area contributed by atoms with Crippen LogP contribution in [0.2, 0.25) is 5.02 Å². The SMILES string of the molecule is Clc1ccc(Nc2nc(NCC3CCCO3)nc3c2cnn3-c2ccccc2)cc1. The summed E-state index contributed by atoms with van der Waals surface area (Å²) in [7, 11) is 0. The minimum Gasteiger partial charge on any atom is -0.376 e. The Bertz CT molecular complexity index is 1140. The third-order valence-electron chi connectivity index (χ3n) is 5.05. The van der Waals surface area contributed by atoms with Gasteiger partial charge in [-0.2, -0.15) is 15.1 Å². The quantitative estimate of drug-likeness (QED) is 0.466. The van der Waals surface area contributed by atoms with E-state index in [0.717, 1.165) is 41.9 Å². The van der Waals surface area contributed by atoms with Crippen LogP contribution in [0.3, 0.4) is 0 Å². The Morgan fingerprint density at radius 1 is 1.07 bits per heavy atom. The van der Waals surface area contributed by atoms with E-state index in [2.05, 4.69) is 15.7 Å². The number of nitrogens with one attached hydrogen (secondary N) is 2. The molecule has 0 spiro atoms. The van der Waals surface area contributed by atoms with Gasteiger partial charge in [-0.1, -0.05) is 29.8 Å². The number of nitrogens with zero attached hydrogens (tertiary/aromatic N) is 4. The summed E-state index contributed by atoms with van der Waals surface area (Å²) >= 11 is 6.02. The second-order valence-electron chi connectivity index (χ2n) is 7.17. The van der Waals surface area contributed by atoms with E-state index in [9.17, 15) is 0 Å². The number of ether oxygens (including phenoxy) is 1. The molecule has 3 heterocycles. The molecule has 1 saturated heterocycles. The van der Waals surface area contributed by atoms with Crippen LogP contribution in [0.5, 0.6) is 0 Å². The maximum atomic E-state index is 6.02. The Morgan fingerprint density at radius 3 is 2.67 bits per heavy atom. The molecule has 1 unspecified atom stereocenters. The lowest BCUT2D eigenvalue weighted by Gasteiger charge is -2.13. The van der Waals surface area contributed by atoms with Crippen LogP contribution in [0.15, 0.2) is 60.8 Å². The molecule has 0 saturated carbocycles. The van der Waals surface area contributed by atoms with E-state index < -0.39 is 0 Å². The van der Waals surface area contributed by atoms with Crippen molar-refractivity contribution < 1.29 is 4.74 Å². The second-order valence-corrected chi connectivity index (χ2v) is 7.61. The van der Waals surface area contributed by atoms with Gasteiger partial charge in [0.05, 0.1) is 23.4 Å².